The molecule has 2 aromatic rings. The molecule has 1 atom stereocenters. The summed E-state index contributed by atoms with van der Waals surface area (Å²) in [5.74, 6) is 0.468. The number of hydrogen-bond donors (Lipinski definition) is 1. The SMILES string of the molecule is CN1Cc2c(c3ccccc3n2CCC(=O)N2CCC(NCCOCCOCCC(=O)C(C)(C)C)CC2)C(C(C)(C)C)N1C. The normalized spacial score (nSPS) is 19.1. The van der Waals surface area contributed by atoms with Gasteiger partial charge in [0.25, 0.3) is 0 Å². The van der Waals surface area contributed by atoms with Crippen molar-refractivity contribution in [2.24, 2.45) is 10.8 Å². The lowest BCUT2D eigenvalue weighted by molar-refractivity contribution is -0.132. The standard InChI is InChI=1S/C35H57N5O4/c1-34(2,3)30(41)16-21-43-23-24-44-22-17-36-26-13-18-39(19-14-26)31(42)15-20-40-28-12-10-9-11-27(28)32-29(40)25-37(7)38(8)33(32)35(4,5)6/h9-12,26,33,36H,13-25H2,1-8H3. The van der Waals surface area contributed by atoms with E-state index in [-0.39, 0.29) is 28.6 Å². The number of para-hydroxylation sites is 1. The number of hydrazine groups is 1. The third-order valence-corrected chi connectivity index (χ3v) is 9.26. The van der Waals surface area contributed by atoms with E-state index in [9.17, 15) is 9.59 Å². The van der Waals surface area contributed by atoms with Gasteiger partial charge in [0.2, 0.25) is 5.91 Å². The van der Waals surface area contributed by atoms with Crippen LogP contribution in [-0.2, 0) is 32.2 Å². The summed E-state index contributed by atoms with van der Waals surface area (Å²) in [6, 6.07) is 9.38. The highest BCUT2D eigenvalue weighted by Crippen LogP contribution is 2.46. The number of ketones is 1. The number of ether oxygens (including phenoxy) is 2. The molecule has 2 aliphatic heterocycles. The minimum atomic E-state index is -0.307. The number of amides is 1. The maximum atomic E-state index is 13.4. The number of nitrogens with zero attached hydrogens (tertiary/aromatic N) is 4. The highest BCUT2D eigenvalue weighted by molar-refractivity contribution is 5.87. The maximum Gasteiger partial charge on any atom is 0.224 e. The van der Waals surface area contributed by atoms with Crippen molar-refractivity contribution in [2.75, 3.05) is 60.2 Å². The molecule has 1 N–H and O–H groups in total. The Morgan fingerprint density at radius 3 is 2.23 bits per heavy atom. The Morgan fingerprint density at radius 2 is 1.57 bits per heavy atom. The third kappa shape index (κ3) is 8.49. The molecule has 0 saturated carbocycles. The van der Waals surface area contributed by atoms with E-state index in [1.165, 1.54) is 22.2 Å². The van der Waals surface area contributed by atoms with Crippen LogP contribution in [0, 0.1) is 10.8 Å². The van der Waals surface area contributed by atoms with E-state index in [0.29, 0.717) is 51.9 Å². The van der Waals surface area contributed by atoms with E-state index >= 15 is 0 Å². The molecule has 0 spiro atoms. The van der Waals surface area contributed by atoms with Crippen molar-refractivity contribution in [1.82, 2.24) is 24.8 Å². The highest BCUT2D eigenvalue weighted by atomic mass is 16.5. The quantitative estimate of drug-likeness (QED) is 0.319. The lowest BCUT2D eigenvalue weighted by atomic mass is 9.80. The van der Waals surface area contributed by atoms with Gasteiger partial charge in [-0.2, -0.15) is 0 Å². The summed E-state index contributed by atoms with van der Waals surface area (Å²) in [5.41, 5.74) is 3.74. The second-order valence-corrected chi connectivity index (χ2v) is 14.7. The fourth-order valence-corrected chi connectivity index (χ4v) is 6.72. The molecular weight excluding hydrogens is 554 g/mol. The fraction of sp³-hybridized carbons (Fsp3) is 0.714. The predicted molar refractivity (Wildman–Crippen MR) is 176 cm³/mol. The zero-order chi connectivity index (χ0) is 32.1. The van der Waals surface area contributed by atoms with Gasteiger partial charge in [-0.05, 0) is 24.3 Å². The van der Waals surface area contributed by atoms with Crippen LogP contribution in [0.1, 0.15) is 84.5 Å². The number of rotatable bonds is 13. The molecular formula is C35H57N5O4. The molecule has 1 aromatic carbocycles. The number of carbonyl (C=O) groups excluding carboxylic acids is 2. The van der Waals surface area contributed by atoms with Crippen molar-refractivity contribution in [2.45, 2.75) is 92.4 Å². The van der Waals surface area contributed by atoms with Crippen LogP contribution in [0.3, 0.4) is 0 Å². The number of benzene rings is 1. The first-order valence-corrected chi connectivity index (χ1v) is 16.5. The summed E-state index contributed by atoms with van der Waals surface area (Å²) in [6.45, 7) is 18.8. The maximum absolute atomic E-state index is 13.4. The predicted octanol–water partition coefficient (Wildman–Crippen LogP) is 5.03. The average molecular weight is 612 g/mol. The Hall–Kier alpha value is -2.30. The van der Waals surface area contributed by atoms with E-state index in [1.54, 1.807) is 0 Å². The molecule has 9 heteroatoms. The fourth-order valence-electron chi connectivity index (χ4n) is 6.72. The van der Waals surface area contributed by atoms with E-state index < -0.39 is 0 Å². The number of carbonyl (C=O) groups is 2. The van der Waals surface area contributed by atoms with Gasteiger partial charge in [-0.3, -0.25) is 9.59 Å². The van der Waals surface area contributed by atoms with Gasteiger partial charge in [0.1, 0.15) is 5.78 Å². The van der Waals surface area contributed by atoms with E-state index in [2.05, 4.69) is 79.0 Å². The van der Waals surface area contributed by atoms with E-state index in [0.717, 1.165) is 39.0 Å². The largest absolute Gasteiger partial charge is 0.379 e. The van der Waals surface area contributed by atoms with Gasteiger partial charge in [0.05, 0.1) is 39.0 Å². The number of piperidine rings is 1. The monoisotopic (exact) mass is 611 g/mol. The number of hydrogen-bond acceptors (Lipinski definition) is 7. The van der Waals surface area contributed by atoms with Crippen LogP contribution in [0.4, 0.5) is 0 Å². The summed E-state index contributed by atoms with van der Waals surface area (Å²) >= 11 is 0. The number of nitrogens with one attached hydrogen (secondary N) is 1. The van der Waals surface area contributed by atoms with Gasteiger partial charge in [0, 0.05) is 86.7 Å². The molecule has 0 radical (unpaired) electrons. The number of aromatic nitrogens is 1. The minimum Gasteiger partial charge on any atom is -0.379 e. The summed E-state index contributed by atoms with van der Waals surface area (Å²) in [7, 11) is 4.35. The summed E-state index contributed by atoms with van der Waals surface area (Å²) in [6.07, 6.45) is 2.89. The Balaban J connectivity index is 1.20. The van der Waals surface area contributed by atoms with Gasteiger partial charge >= 0.3 is 0 Å². The molecule has 44 heavy (non-hydrogen) atoms. The Morgan fingerprint density at radius 1 is 0.909 bits per heavy atom. The number of likely N-dealkylation sites (tertiary alicyclic amines) is 1. The molecule has 0 aliphatic carbocycles. The van der Waals surface area contributed by atoms with Gasteiger partial charge in [-0.25, -0.2) is 10.0 Å². The number of fused-ring (bicyclic) bond motifs is 3. The first-order chi connectivity index (χ1) is 20.8. The number of aryl methyl sites for hydroxylation is 1. The first kappa shape index (κ1) is 34.6. The van der Waals surface area contributed by atoms with Gasteiger partial charge in [0.15, 0.2) is 0 Å². The summed E-state index contributed by atoms with van der Waals surface area (Å²) in [4.78, 5) is 27.3. The van der Waals surface area contributed by atoms with Gasteiger partial charge in [-0.1, -0.05) is 59.7 Å². The minimum absolute atomic E-state index is 0.0658. The number of Topliss-reactive ketones (excluding diaryl/α,β-unsaturated/α-hetero) is 1. The lowest BCUT2D eigenvalue weighted by Crippen LogP contribution is -2.48. The second kappa shape index (κ2) is 14.9. The average Bonchev–Trinajstić information content (AvgIpc) is 3.26. The van der Waals surface area contributed by atoms with Crippen LogP contribution in [0.5, 0.6) is 0 Å². The molecule has 0 bridgehead atoms. The zero-order valence-electron chi connectivity index (χ0n) is 28.6. The molecule has 2 aliphatic rings. The topological polar surface area (TPSA) is 79.3 Å². The molecule has 1 unspecified atom stereocenters. The van der Waals surface area contributed by atoms with Crippen molar-refractivity contribution < 1.29 is 19.1 Å². The molecule has 4 rings (SSSR count). The summed E-state index contributed by atoms with van der Waals surface area (Å²) in [5, 5.41) is 9.59. The molecule has 3 heterocycles. The van der Waals surface area contributed by atoms with Crippen LogP contribution < -0.4 is 5.32 Å². The molecule has 246 valence electrons. The third-order valence-electron chi connectivity index (χ3n) is 9.26. The molecule has 9 nitrogen and oxygen atoms in total. The smallest absolute Gasteiger partial charge is 0.224 e. The first-order valence-electron chi connectivity index (χ1n) is 16.5. The van der Waals surface area contributed by atoms with Gasteiger partial charge < -0.3 is 24.3 Å². The van der Waals surface area contributed by atoms with Crippen LogP contribution in [0.2, 0.25) is 0 Å². The Bertz CT molecular complexity index is 1250. The lowest BCUT2D eigenvalue weighted by Gasteiger charge is -2.46. The zero-order valence-corrected chi connectivity index (χ0v) is 28.6. The van der Waals surface area contributed by atoms with Crippen molar-refractivity contribution in [3.8, 4) is 0 Å². The Kier molecular flexibility index (Phi) is 11.7. The van der Waals surface area contributed by atoms with Gasteiger partial charge in [-0.15, -0.1) is 0 Å². The second-order valence-electron chi connectivity index (χ2n) is 14.7. The van der Waals surface area contributed by atoms with Crippen molar-refractivity contribution in [3.05, 3.63) is 35.5 Å². The van der Waals surface area contributed by atoms with E-state index in [4.69, 9.17) is 9.47 Å². The van der Waals surface area contributed by atoms with Crippen molar-refractivity contribution in [1.29, 1.82) is 0 Å². The Labute approximate surface area is 265 Å². The molecule has 1 amide bonds. The van der Waals surface area contributed by atoms with Crippen LogP contribution >= 0.6 is 0 Å². The van der Waals surface area contributed by atoms with Crippen molar-refractivity contribution >= 4 is 22.6 Å². The van der Waals surface area contributed by atoms with Crippen molar-refractivity contribution in [3.63, 3.8) is 0 Å². The molecule has 1 saturated heterocycles. The van der Waals surface area contributed by atoms with Crippen LogP contribution in [0.25, 0.3) is 10.9 Å². The van der Waals surface area contributed by atoms with Crippen LogP contribution in [0.15, 0.2) is 24.3 Å². The van der Waals surface area contributed by atoms with Crippen LogP contribution in [-0.4, -0.2) is 97.4 Å². The highest BCUT2D eigenvalue weighted by Gasteiger charge is 2.40. The molecule has 1 aromatic heterocycles. The van der Waals surface area contributed by atoms with E-state index in [1.807, 2.05) is 25.7 Å². The summed E-state index contributed by atoms with van der Waals surface area (Å²) < 4.78 is 13.6. The molecule has 1 fully saturated rings.